The molecule has 1 aromatic heterocycles. The number of carbonyl (C=O) groups is 1. The van der Waals surface area contributed by atoms with Crippen LogP contribution < -0.4 is 19.5 Å². The Balaban J connectivity index is 1.44. The van der Waals surface area contributed by atoms with E-state index >= 15 is 0 Å². The van der Waals surface area contributed by atoms with Crippen molar-refractivity contribution in [3.05, 3.63) is 66.0 Å². The maximum Gasteiger partial charge on any atom is 0.322 e. The smallest absolute Gasteiger partial charge is 0.322 e. The lowest BCUT2D eigenvalue weighted by molar-refractivity contribution is -0.125. The number of para-hydroxylation sites is 2. The van der Waals surface area contributed by atoms with Gasteiger partial charge >= 0.3 is 6.01 Å². The predicted molar refractivity (Wildman–Crippen MR) is 103 cm³/mol. The summed E-state index contributed by atoms with van der Waals surface area (Å²) in [6.45, 7) is 3.90. The molecule has 1 N–H and O–H groups in total. The van der Waals surface area contributed by atoms with Gasteiger partial charge in [0.1, 0.15) is 12.4 Å². The zero-order valence-electron chi connectivity index (χ0n) is 15.5. The standard InChI is InChI=1S/C21H19N3O4/c1-13-10-14(2)23-21(22-13)27-16-7-5-6-15(11-16)24-20(25)19-12-26-17-8-3-4-9-18(17)28-19/h3-11,19H,12H2,1-2H3,(H,24,25). The highest BCUT2D eigenvalue weighted by molar-refractivity contribution is 5.94. The summed E-state index contributed by atoms with van der Waals surface area (Å²) in [6.07, 6.45) is -0.734. The van der Waals surface area contributed by atoms with Crippen molar-refractivity contribution in [2.24, 2.45) is 0 Å². The summed E-state index contributed by atoms with van der Waals surface area (Å²) < 4.78 is 17.0. The summed E-state index contributed by atoms with van der Waals surface area (Å²) in [6, 6.07) is 16.4. The lowest BCUT2D eigenvalue weighted by atomic mass is 10.2. The van der Waals surface area contributed by atoms with Gasteiger partial charge < -0.3 is 19.5 Å². The first kappa shape index (κ1) is 17.8. The Morgan fingerprint density at radius 3 is 2.57 bits per heavy atom. The van der Waals surface area contributed by atoms with E-state index in [0.717, 1.165) is 11.4 Å². The van der Waals surface area contributed by atoms with Gasteiger partial charge in [-0.15, -0.1) is 0 Å². The molecule has 0 bridgehead atoms. The van der Waals surface area contributed by atoms with Crippen molar-refractivity contribution >= 4 is 11.6 Å². The zero-order chi connectivity index (χ0) is 19.5. The van der Waals surface area contributed by atoms with Gasteiger partial charge in [-0.2, -0.15) is 0 Å². The monoisotopic (exact) mass is 377 g/mol. The summed E-state index contributed by atoms with van der Waals surface area (Å²) in [7, 11) is 0. The highest BCUT2D eigenvalue weighted by atomic mass is 16.6. The zero-order valence-corrected chi connectivity index (χ0v) is 15.5. The maximum atomic E-state index is 12.6. The Morgan fingerprint density at radius 1 is 1.04 bits per heavy atom. The molecule has 0 aliphatic carbocycles. The molecule has 7 nitrogen and oxygen atoms in total. The number of amides is 1. The van der Waals surface area contributed by atoms with E-state index in [1.807, 2.05) is 32.0 Å². The van der Waals surface area contributed by atoms with Crippen LogP contribution in [0.3, 0.4) is 0 Å². The van der Waals surface area contributed by atoms with Gasteiger partial charge in [0.2, 0.25) is 6.10 Å². The molecule has 1 amide bonds. The molecule has 1 unspecified atom stereocenters. The lowest BCUT2D eigenvalue weighted by Gasteiger charge is -2.25. The first-order chi connectivity index (χ1) is 13.6. The van der Waals surface area contributed by atoms with Crippen molar-refractivity contribution < 1.29 is 19.0 Å². The Bertz CT molecular complexity index is 1000. The van der Waals surface area contributed by atoms with Crippen LogP contribution in [0.5, 0.6) is 23.3 Å². The fourth-order valence-electron chi connectivity index (χ4n) is 2.85. The van der Waals surface area contributed by atoms with Gasteiger partial charge in [-0.25, -0.2) is 9.97 Å². The number of ether oxygens (including phenoxy) is 3. The molecular formula is C21H19N3O4. The molecule has 0 saturated carbocycles. The Morgan fingerprint density at radius 2 is 1.79 bits per heavy atom. The number of anilines is 1. The third-order valence-electron chi connectivity index (χ3n) is 4.07. The van der Waals surface area contributed by atoms with Crippen LogP contribution in [0.2, 0.25) is 0 Å². The molecule has 0 radical (unpaired) electrons. The minimum absolute atomic E-state index is 0.148. The van der Waals surface area contributed by atoms with Crippen LogP contribution in [-0.2, 0) is 4.79 Å². The van der Waals surface area contributed by atoms with Crippen LogP contribution >= 0.6 is 0 Å². The maximum absolute atomic E-state index is 12.6. The summed E-state index contributed by atoms with van der Waals surface area (Å²) in [5, 5.41) is 2.83. The minimum Gasteiger partial charge on any atom is -0.485 e. The minimum atomic E-state index is -0.734. The number of hydrogen-bond acceptors (Lipinski definition) is 6. The summed E-state index contributed by atoms with van der Waals surface area (Å²) in [4.78, 5) is 21.1. The average molecular weight is 377 g/mol. The summed E-state index contributed by atoms with van der Waals surface area (Å²) >= 11 is 0. The average Bonchev–Trinajstić information content (AvgIpc) is 2.67. The number of aromatic nitrogens is 2. The van der Waals surface area contributed by atoms with Gasteiger partial charge in [0.05, 0.1) is 0 Å². The van der Waals surface area contributed by atoms with Gasteiger partial charge in [0.25, 0.3) is 5.91 Å². The van der Waals surface area contributed by atoms with E-state index in [2.05, 4.69) is 15.3 Å². The lowest BCUT2D eigenvalue weighted by Crippen LogP contribution is -2.40. The quantitative estimate of drug-likeness (QED) is 0.747. The van der Waals surface area contributed by atoms with Crippen molar-refractivity contribution in [1.82, 2.24) is 9.97 Å². The summed E-state index contributed by atoms with van der Waals surface area (Å²) in [5.74, 6) is 1.41. The van der Waals surface area contributed by atoms with Gasteiger partial charge in [-0.3, -0.25) is 4.79 Å². The number of fused-ring (bicyclic) bond motifs is 1. The Hall–Kier alpha value is -3.61. The molecule has 28 heavy (non-hydrogen) atoms. The van der Waals surface area contributed by atoms with E-state index in [-0.39, 0.29) is 18.5 Å². The number of rotatable bonds is 4. The highest BCUT2D eigenvalue weighted by Gasteiger charge is 2.27. The van der Waals surface area contributed by atoms with Crippen LogP contribution in [0.1, 0.15) is 11.4 Å². The second-order valence-electron chi connectivity index (χ2n) is 6.42. The number of nitrogens with zero attached hydrogens (tertiary/aromatic N) is 2. The third-order valence-corrected chi connectivity index (χ3v) is 4.07. The van der Waals surface area contributed by atoms with Crippen molar-refractivity contribution in [2.45, 2.75) is 20.0 Å². The van der Waals surface area contributed by atoms with Crippen LogP contribution in [0.4, 0.5) is 5.69 Å². The second kappa shape index (κ2) is 7.56. The molecule has 0 fully saturated rings. The second-order valence-corrected chi connectivity index (χ2v) is 6.42. The molecule has 7 heteroatoms. The number of hydrogen-bond donors (Lipinski definition) is 1. The van der Waals surface area contributed by atoms with E-state index in [1.165, 1.54) is 0 Å². The van der Waals surface area contributed by atoms with Crippen molar-refractivity contribution in [3.8, 4) is 23.3 Å². The summed E-state index contributed by atoms with van der Waals surface area (Å²) in [5.41, 5.74) is 2.22. The number of aryl methyl sites for hydroxylation is 2. The highest BCUT2D eigenvalue weighted by Crippen LogP contribution is 2.31. The van der Waals surface area contributed by atoms with Crippen molar-refractivity contribution in [3.63, 3.8) is 0 Å². The fourth-order valence-corrected chi connectivity index (χ4v) is 2.85. The normalized spacial score (nSPS) is 15.0. The van der Waals surface area contributed by atoms with Gasteiger partial charge in [0, 0.05) is 23.1 Å². The molecule has 1 atom stereocenters. The number of benzene rings is 2. The first-order valence-electron chi connectivity index (χ1n) is 8.86. The Labute approximate surface area is 162 Å². The molecule has 2 aromatic carbocycles. The van der Waals surface area contributed by atoms with Crippen molar-refractivity contribution in [2.75, 3.05) is 11.9 Å². The van der Waals surface area contributed by atoms with Gasteiger partial charge in [0.15, 0.2) is 11.5 Å². The molecular weight excluding hydrogens is 358 g/mol. The van der Waals surface area contributed by atoms with Crippen molar-refractivity contribution in [1.29, 1.82) is 0 Å². The molecule has 0 spiro atoms. The fraction of sp³-hybridized carbons (Fsp3) is 0.190. The van der Waals surface area contributed by atoms with E-state index in [9.17, 15) is 4.79 Å². The molecule has 2 heterocycles. The van der Waals surface area contributed by atoms with Crippen LogP contribution in [0.15, 0.2) is 54.6 Å². The topological polar surface area (TPSA) is 82.6 Å². The van der Waals surface area contributed by atoms with E-state index in [0.29, 0.717) is 22.9 Å². The predicted octanol–water partition coefficient (Wildman–Crippen LogP) is 3.66. The van der Waals surface area contributed by atoms with Crippen LogP contribution in [-0.4, -0.2) is 28.6 Å². The van der Waals surface area contributed by atoms with Gasteiger partial charge in [-0.05, 0) is 44.2 Å². The van der Waals surface area contributed by atoms with E-state index < -0.39 is 6.10 Å². The largest absolute Gasteiger partial charge is 0.485 e. The number of nitrogens with one attached hydrogen (secondary N) is 1. The molecule has 4 rings (SSSR count). The van der Waals surface area contributed by atoms with E-state index in [4.69, 9.17) is 14.2 Å². The Kier molecular flexibility index (Phi) is 4.80. The molecule has 3 aromatic rings. The van der Waals surface area contributed by atoms with Crippen LogP contribution in [0.25, 0.3) is 0 Å². The van der Waals surface area contributed by atoms with Crippen LogP contribution in [0, 0.1) is 13.8 Å². The third kappa shape index (κ3) is 4.03. The number of carbonyl (C=O) groups excluding carboxylic acids is 1. The SMILES string of the molecule is Cc1cc(C)nc(Oc2cccc(NC(=O)C3COc4ccccc4O3)c2)n1. The molecule has 1 aliphatic rings. The molecule has 0 saturated heterocycles. The van der Waals surface area contributed by atoms with Gasteiger partial charge in [-0.1, -0.05) is 18.2 Å². The molecule has 142 valence electrons. The first-order valence-corrected chi connectivity index (χ1v) is 8.86. The van der Waals surface area contributed by atoms with E-state index in [1.54, 1.807) is 36.4 Å². The molecule has 1 aliphatic heterocycles.